The fourth-order valence-corrected chi connectivity index (χ4v) is 5.94. The quantitative estimate of drug-likeness (QED) is 0.481. The molecule has 2 atom stereocenters. The number of sulfonamides is 1. The smallest absolute Gasteiger partial charge is 0.337 e. The highest BCUT2D eigenvalue weighted by molar-refractivity contribution is 7.89. The lowest BCUT2D eigenvalue weighted by Gasteiger charge is -2.34. The number of methoxy groups -OCH3 is 1. The standard InChI is InChI=1S/C23H27ClN2O5S/c1-31-23(28)17-9-7-16(8-10-17)15-26(21-6-4-2-3-5-20(21)22(25)27)32(29,30)19-13-11-18(24)12-14-19/h7-14,20-21H,2-6,15H2,1H3,(H2,25,27). The first-order valence-electron chi connectivity index (χ1n) is 10.5. The number of esters is 1. The maximum atomic E-state index is 13.7. The number of rotatable bonds is 7. The SMILES string of the molecule is COC(=O)c1ccc(CN(C2CCCCCC2C(N)=O)S(=O)(=O)c2ccc(Cl)cc2)cc1. The van der Waals surface area contributed by atoms with Crippen molar-refractivity contribution in [1.29, 1.82) is 0 Å². The summed E-state index contributed by atoms with van der Waals surface area (Å²) in [5.74, 6) is -1.54. The van der Waals surface area contributed by atoms with E-state index in [4.69, 9.17) is 22.1 Å². The number of hydrogen-bond acceptors (Lipinski definition) is 5. The summed E-state index contributed by atoms with van der Waals surface area (Å²) in [7, 11) is -2.66. The van der Waals surface area contributed by atoms with Crippen LogP contribution in [0.2, 0.25) is 5.02 Å². The lowest BCUT2D eigenvalue weighted by molar-refractivity contribution is -0.123. The van der Waals surface area contributed by atoms with Crippen molar-refractivity contribution in [2.45, 2.75) is 49.6 Å². The second-order valence-corrected chi connectivity index (χ2v) is 10.2. The van der Waals surface area contributed by atoms with Crippen molar-refractivity contribution < 1.29 is 22.7 Å². The normalized spacial score (nSPS) is 19.3. The Morgan fingerprint density at radius 3 is 2.25 bits per heavy atom. The first-order chi connectivity index (χ1) is 15.2. The summed E-state index contributed by atoms with van der Waals surface area (Å²) < 4.78 is 33.5. The minimum Gasteiger partial charge on any atom is -0.465 e. The third-order valence-corrected chi connectivity index (χ3v) is 7.99. The largest absolute Gasteiger partial charge is 0.465 e. The molecule has 1 saturated carbocycles. The van der Waals surface area contributed by atoms with E-state index in [-0.39, 0.29) is 11.4 Å². The zero-order valence-corrected chi connectivity index (χ0v) is 19.4. The molecule has 1 aliphatic carbocycles. The van der Waals surface area contributed by atoms with Crippen molar-refractivity contribution in [1.82, 2.24) is 4.31 Å². The molecule has 2 aromatic rings. The van der Waals surface area contributed by atoms with Crippen LogP contribution in [0.4, 0.5) is 0 Å². The van der Waals surface area contributed by atoms with Crippen molar-refractivity contribution >= 4 is 33.5 Å². The first-order valence-corrected chi connectivity index (χ1v) is 12.3. The average molecular weight is 479 g/mol. The van der Waals surface area contributed by atoms with Crippen LogP contribution in [-0.2, 0) is 26.1 Å². The monoisotopic (exact) mass is 478 g/mol. The fraction of sp³-hybridized carbons (Fsp3) is 0.391. The molecule has 32 heavy (non-hydrogen) atoms. The molecule has 0 aliphatic heterocycles. The van der Waals surface area contributed by atoms with Gasteiger partial charge in [0.2, 0.25) is 15.9 Å². The molecule has 2 N–H and O–H groups in total. The van der Waals surface area contributed by atoms with Gasteiger partial charge in [-0.05, 0) is 54.8 Å². The maximum Gasteiger partial charge on any atom is 0.337 e. The Bertz CT molecular complexity index is 1050. The van der Waals surface area contributed by atoms with E-state index < -0.39 is 33.9 Å². The van der Waals surface area contributed by atoms with E-state index in [9.17, 15) is 18.0 Å². The topological polar surface area (TPSA) is 107 Å². The van der Waals surface area contributed by atoms with Gasteiger partial charge in [0.25, 0.3) is 0 Å². The van der Waals surface area contributed by atoms with Crippen molar-refractivity contribution in [3.63, 3.8) is 0 Å². The third-order valence-electron chi connectivity index (χ3n) is 5.85. The van der Waals surface area contributed by atoms with Gasteiger partial charge in [-0.25, -0.2) is 13.2 Å². The number of nitrogens with zero attached hydrogens (tertiary/aromatic N) is 1. The van der Waals surface area contributed by atoms with E-state index in [0.29, 0.717) is 29.0 Å². The van der Waals surface area contributed by atoms with Crippen LogP contribution in [0, 0.1) is 5.92 Å². The second-order valence-electron chi connectivity index (χ2n) is 7.91. The van der Waals surface area contributed by atoms with E-state index in [2.05, 4.69) is 0 Å². The van der Waals surface area contributed by atoms with E-state index in [0.717, 1.165) is 19.3 Å². The number of primary amides is 1. The van der Waals surface area contributed by atoms with Gasteiger partial charge in [0, 0.05) is 17.6 Å². The van der Waals surface area contributed by atoms with Gasteiger partial charge in [0.15, 0.2) is 0 Å². The molecule has 172 valence electrons. The van der Waals surface area contributed by atoms with Crippen molar-refractivity contribution in [2.75, 3.05) is 7.11 Å². The molecule has 9 heteroatoms. The Morgan fingerprint density at radius 1 is 1.03 bits per heavy atom. The Morgan fingerprint density at radius 2 is 1.66 bits per heavy atom. The van der Waals surface area contributed by atoms with Crippen LogP contribution in [-0.4, -0.2) is 37.8 Å². The zero-order chi connectivity index (χ0) is 23.3. The number of ether oxygens (including phenoxy) is 1. The molecule has 2 aromatic carbocycles. The number of amides is 1. The number of carbonyl (C=O) groups is 2. The van der Waals surface area contributed by atoms with Gasteiger partial charge in [0.05, 0.1) is 23.5 Å². The van der Waals surface area contributed by atoms with Gasteiger partial charge >= 0.3 is 5.97 Å². The highest BCUT2D eigenvalue weighted by atomic mass is 35.5. The number of halogens is 1. The summed E-state index contributed by atoms with van der Waals surface area (Å²) in [6.07, 6.45) is 3.65. The molecule has 1 fully saturated rings. The van der Waals surface area contributed by atoms with Gasteiger partial charge in [-0.1, -0.05) is 43.0 Å². The first kappa shape index (κ1) is 24.2. The van der Waals surface area contributed by atoms with E-state index in [1.54, 1.807) is 24.3 Å². The minimum absolute atomic E-state index is 0.0425. The minimum atomic E-state index is -3.95. The maximum absolute atomic E-state index is 13.7. The van der Waals surface area contributed by atoms with Crippen LogP contribution in [0.5, 0.6) is 0 Å². The van der Waals surface area contributed by atoms with Gasteiger partial charge < -0.3 is 10.5 Å². The van der Waals surface area contributed by atoms with Crippen molar-refractivity contribution in [3.8, 4) is 0 Å². The molecule has 2 unspecified atom stereocenters. The summed E-state index contributed by atoms with van der Waals surface area (Å²) in [5, 5.41) is 0.429. The lowest BCUT2D eigenvalue weighted by Crippen LogP contribution is -2.47. The molecule has 7 nitrogen and oxygen atoms in total. The van der Waals surface area contributed by atoms with Crippen molar-refractivity contribution in [2.24, 2.45) is 11.7 Å². The number of nitrogens with two attached hydrogens (primary N) is 1. The number of benzene rings is 2. The predicted molar refractivity (Wildman–Crippen MR) is 122 cm³/mol. The van der Waals surface area contributed by atoms with Crippen molar-refractivity contribution in [3.05, 3.63) is 64.7 Å². The Hall–Kier alpha value is -2.42. The average Bonchev–Trinajstić information content (AvgIpc) is 3.03. The van der Waals surface area contributed by atoms with E-state index in [1.165, 1.54) is 35.7 Å². The fourth-order valence-electron chi connectivity index (χ4n) is 4.13. The predicted octanol–water partition coefficient (Wildman–Crippen LogP) is 3.75. The summed E-state index contributed by atoms with van der Waals surface area (Å²) in [5.41, 5.74) is 6.75. The summed E-state index contributed by atoms with van der Waals surface area (Å²) in [6, 6.07) is 12.0. The van der Waals surface area contributed by atoms with Crippen LogP contribution in [0.3, 0.4) is 0 Å². The van der Waals surface area contributed by atoms with Crippen LogP contribution < -0.4 is 5.73 Å². The molecule has 0 aromatic heterocycles. The Kier molecular flexibility index (Phi) is 7.92. The zero-order valence-electron chi connectivity index (χ0n) is 17.9. The van der Waals surface area contributed by atoms with Gasteiger partial charge in [-0.3, -0.25) is 4.79 Å². The van der Waals surface area contributed by atoms with Crippen LogP contribution >= 0.6 is 11.6 Å². The molecule has 0 heterocycles. The molecule has 1 aliphatic rings. The van der Waals surface area contributed by atoms with E-state index in [1.807, 2.05) is 0 Å². The number of hydrogen-bond donors (Lipinski definition) is 1. The van der Waals surface area contributed by atoms with E-state index >= 15 is 0 Å². The highest BCUT2D eigenvalue weighted by Crippen LogP contribution is 2.33. The van der Waals surface area contributed by atoms with Gasteiger partial charge in [-0.15, -0.1) is 0 Å². The molecule has 0 spiro atoms. The molecule has 0 bridgehead atoms. The molecular formula is C23H27ClN2O5S. The summed E-state index contributed by atoms with van der Waals surface area (Å²) >= 11 is 5.95. The van der Waals surface area contributed by atoms with Crippen LogP contribution in [0.25, 0.3) is 0 Å². The van der Waals surface area contributed by atoms with Gasteiger partial charge in [0.1, 0.15) is 0 Å². The Labute approximate surface area is 193 Å². The summed E-state index contributed by atoms with van der Waals surface area (Å²) in [4.78, 5) is 24.1. The highest BCUT2D eigenvalue weighted by Gasteiger charge is 2.39. The third kappa shape index (κ3) is 5.49. The molecule has 0 radical (unpaired) electrons. The molecule has 3 rings (SSSR count). The molecular weight excluding hydrogens is 452 g/mol. The number of carbonyl (C=O) groups excluding carboxylic acids is 2. The molecule has 0 saturated heterocycles. The van der Waals surface area contributed by atoms with Crippen LogP contribution in [0.1, 0.15) is 48.0 Å². The lowest BCUT2D eigenvalue weighted by atomic mass is 9.93. The Balaban J connectivity index is 2.03. The van der Waals surface area contributed by atoms with Gasteiger partial charge in [-0.2, -0.15) is 4.31 Å². The molecule has 1 amide bonds. The second kappa shape index (κ2) is 10.5. The summed E-state index contributed by atoms with van der Waals surface area (Å²) in [6.45, 7) is 0.0425. The van der Waals surface area contributed by atoms with Crippen LogP contribution in [0.15, 0.2) is 53.4 Å².